The first-order valence-electron chi connectivity index (χ1n) is 10.6. The molecule has 0 aliphatic heterocycles. The Bertz CT molecular complexity index is 1030. The highest BCUT2D eigenvalue weighted by molar-refractivity contribution is 7.99. The van der Waals surface area contributed by atoms with Crippen LogP contribution in [0.1, 0.15) is 37.6 Å². The summed E-state index contributed by atoms with van der Waals surface area (Å²) in [6, 6.07) is 15.3. The second-order valence-corrected chi connectivity index (χ2v) is 7.99. The molecule has 0 saturated heterocycles. The van der Waals surface area contributed by atoms with Gasteiger partial charge >= 0.3 is 0 Å². The van der Waals surface area contributed by atoms with Crippen molar-refractivity contribution in [3.8, 4) is 0 Å². The number of hydrazine groups is 1. The van der Waals surface area contributed by atoms with Gasteiger partial charge in [0.15, 0.2) is 5.16 Å². The summed E-state index contributed by atoms with van der Waals surface area (Å²) < 4.78 is 2.13. The number of aryl methyl sites for hydroxylation is 1. The summed E-state index contributed by atoms with van der Waals surface area (Å²) >= 11 is 1.36. The van der Waals surface area contributed by atoms with Gasteiger partial charge in [0.2, 0.25) is 5.91 Å². The van der Waals surface area contributed by atoms with Crippen molar-refractivity contribution in [2.75, 3.05) is 23.7 Å². The Labute approximate surface area is 187 Å². The zero-order valence-corrected chi connectivity index (χ0v) is 19.0. The SMILES string of the molecule is CCCn1c(SCC(=O)NNC(=O)c2ccc(N(CC)CC)cc2)nc2ccccc21. The van der Waals surface area contributed by atoms with Crippen LogP contribution in [0.2, 0.25) is 0 Å². The van der Waals surface area contributed by atoms with Crippen LogP contribution in [0.3, 0.4) is 0 Å². The number of hydrogen-bond acceptors (Lipinski definition) is 5. The first-order valence-corrected chi connectivity index (χ1v) is 11.6. The Balaban J connectivity index is 1.54. The number of imidazole rings is 1. The third-order valence-electron chi connectivity index (χ3n) is 4.97. The van der Waals surface area contributed by atoms with E-state index in [1.807, 2.05) is 36.4 Å². The summed E-state index contributed by atoms with van der Waals surface area (Å²) in [7, 11) is 0. The molecule has 2 N–H and O–H groups in total. The smallest absolute Gasteiger partial charge is 0.269 e. The van der Waals surface area contributed by atoms with E-state index in [1.165, 1.54) is 11.8 Å². The number of carbonyl (C=O) groups is 2. The summed E-state index contributed by atoms with van der Waals surface area (Å²) in [6.07, 6.45) is 0.975. The van der Waals surface area contributed by atoms with Gasteiger partial charge in [-0.1, -0.05) is 30.8 Å². The average Bonchev–Trinajstić information content (AvgIpc) is 3.15. The van der Waals surface area contributed by atoms with Crippen molar-refractivity contribution in [2.24, 2.45) is 0 Å². The van der Waals surface area contributed by atoms with E-state index < -0.39 is 0 Å². The van der Waals surface area contributed by atoms with Crippen LogP contribution in [-0.4, -0.2) is 40.2 Å². The van der Waals surface area contributed by atoms with Gasteiger partial charge in [-0.15, -0.1) is 0 Å². The van der Waals surface area contributed by atoms with E-state index in [9.17, 15) is 9.59 Å². The molecule has 2 aromatic carbocycles. The number of aromatic nitrogens is 2. The van der Waals surface area contributed by atoms with Gasteiger partial charge in [0.05, 0.1) is 16.8 Å². The maximum Gasteiger partial charge on any atom is 0.269 e. The van der Waals surface area contributed by atoms with Gasteiger partial charge in [-0.2, -0.15) is 0 Å². The normalized spacial score (nSPS) is 10.8. The molecule has 31 heavy (non-hydrogen) atoms. The third-order valence-corrected chi connectivity index (χ3v) is 5.95. The first kappa shape index (κ1) is 22.7. The zero-order valence-electron chi connectivity index (χ0n) is 18.2. The molecular weight excluding hydrogens is 410 g/mol. The number of benzene rings is 2. The van der Waals surface area contributed by atoms with Crippen molar-refractivity contribution in [1.82, 2.24) is 20.4 Å². The van der Waals surface area contributed by atoms with E-state index in [0.717, 1.165) is 47.9 Å². The Morgan fingerprint density at radius 1 is 1.00 bits per heavy atom. The lowest BCUT2D eigenvalue weighted by atomic mass is 10.2. The van der Waals surface area contributed by atoms with Crippen molar-refractivity contribution < 1.29 is 9.59 Å². The molecule has 1 heterocycles. The number of rotatable bonds is 9. The molecule has 2 amide bonds. The second kappa shape index (κ2) is 10.9. The monoisotopic (exact) mass is 439 g/mol. The van der Waals surface area contributed by atoms with E-state index in [1.54, 1.807) is 12.1 Å². The molecule has 3 rings (SSSR count). The first-order chi connectivity index (χ1) is 15.1. The number of hydrogen-bond donors (Lipinski definition) is 2. The van der Waals surface area contributed by atoms with Gasteiger partial charge in [0, 0.05) is 30.9 Å². The predicted molar refractivity (Wildman–Crippen MR) is 126 cm³/mol. The van der Waals surface area contributed by atoms with Crippen LogP contribution >= 0.6 is 11.8 Å². The van der Waals surface area contributed by atoms with Gasteiger partial charge in [-0.05, 0) is 56.7 Å². The highest BCUT2D eigenvalue weighted by Crippen LogP contribution is 2.24. The minimum absolute atomic E-state index is 0.161. The number of thioether (sulfide) groups is 1. The van der Waals surface area contributed by atoms with Gasteiger partial charge in [0.25, 0.3) is 5.91 Å². The zero-order chi connectivity index (χ0) is 22.2. The molecular formula is C23H29N5O2S. The van der Waals surface area contributed by atoms with Crippen LogP contribution in [0.5, 0.6) is 0 Å². The fraction of sp³-hybridized carbons (Fsp3) is 0.348. The van der Waals surface area contributed by atoms with E-state index in [0.29, 0.717) is 5.56 Å². The number of nitrogens with zero attached hydrogens (tertiary/aromatic N) is 3. The Kier molecular flexibility index (Phi) is 7.94. The lowest BCUT2D eigenvalue weighted by Gasteiger charge is -2.21. The Morgan fingerprint density at radius 3 is 2.39 bits per heavy atom. The Morgan fingerprint density at radius 2 is 1.71 bits per heavy atom. The quantitative estimate of drug-likeness (QED) is 0.391. The van der Waals surface area contributed by atoms with Crippen LogP contribution in [0, 0.1) is 0 Å². The summed E-state index contributed by atoms with van der Waals surface area (Å²) in [5.41, 5.74) is 8.52. The van der Waals surface area contributed by atoms with Gasteiger partial charge in [-0.25, -0.2) is 4.98 Å². The fourth-order valence-electron chi connectivity index (χ4n) is 3.38. The molecule has 0 unspecified atom stereocenters. The molecule has 0 bridgehead atoms. The summed E-state index contributed by atoms with van der Waals surface area (Å²) in [5, 5.41) is 0.802. The largest absolute Gasteiger partial charge is 0.372 e. The lowest BCUT2D eigenvalue weighted by Crippen LogP contribution is -2.42. The van der Waals surface area contributed by atoms with Gasteiger partial charge < -0.3 is 9.47 Å². The molecule has 0 saturated carbocycles. The van der Waals surface area contributed by atoms with Crippen molar-refractivity contribution >= 4 is 40.3 Å². The highest BCUT2D eigenvalue weighted by Gasteiger charge is 2.13. The van der Waals surface area contributed by atoms with Crippen LogP contribution in [0.4, 0.5) is 5.69 Å². The molecule has 0 radical (unpaired) electrons. The summed E-state index contributed by atoms with van der Waals surface area (Å²) in [5.74, 6) is -0.468. The average molecular weight is 440 g/mol. The number of fused-ring (bicyclic) bond motifs is 1. The topological polar surface area (TPSA) is 79.3 Å². The lowest BCUT2D eigenvalue weighted by molar-refractivity contribution is -0.119. The highest BCUT2D eigenvalue weighted by atomic mass is 32.2. The molecule has 1 aromatic heterocycles. The minimum Gasteiger partial charge on any atom is -0.372 e. The molecule has 0 aliphatic rings. The number of carbonyl (C=O) groups excluding carboxylic acids is 2. The molecule has 8 heteroatoms. The minimum atomic E-state index is -0.345. The van der Waals surface area contributed by atoms with Crippen LogP contribution < -0.4 is 15.8 Å². The molecule has 0 aliphatic carbocycles. The summed E-state index contributed by atoms with van der Waals surface area (Å²) in [4.78, 5) is 31.4. The molecule has 0 fully saturated rings. The van der Waals surface area contributed by atoms with E-state index in [4.69, 9.17) is 0 Å². The molecule has 7 nitrogen and oxygen atoms in total. The van der Waals surface area contributed by atoms with Crippen molar-refractivity contribution in [2.45, 2.75) is 38.9 Å². The maximum atomic E-state index is 12.3. The van der Waals surface area contributed by atoms with Crippen molar-refractivity contribution in [1.29, 1.82) is 0 Å². The molecule has 0 atom stereocenters. The van der Waals surface area contributed by atoms with E-state index in [2.05, 4.69) is 46.1 Å². The molecule has 3 aromatic rings. The van der Waals surface area contributed by atoms with Crippen molar-refractivity contribution in [3.05, 3.63) is 54.1 Å². The fourth-order valence-corrected chi connectivity index (χ4v) is 4.22. The van der Waals surface area contributed by atoms with E-state index >= 15 is 0 Å². The van der Waals surface area contributed by atoms with Crippen LogP contribution in [0.25, 0.3) is 11.0 Å². The van der Waals surface area contributed by atoms with Gasteiger partial charge in [-0.3, -0.25) is 20.4 Å². The third kappa shape index (κ3) is 5.58. The van der Waals surface area contributed by atoms with Crippen molar-refractivity contribution in [3.63, 3.8) is 0 Å². The summed E-state index contributed by atoms with van der Waals surface area (Å²) in [6.45, 7) is 8.94. The molecule has 164 valence electrons. The predicted octanol–water partition coefficient (Wildman–Crippen LogP) is 3.85. The van der Waals surface area contributed by atoms with Crippen LogP contribution in [0.15, 0.2) is 53.7 Å². The number of amides is 2. The van der Waals surface area contributed by atoms with Gasteiger partial charge in [0.1, 0.15) is 0 Å². The number of para-hydroxylation sites is 2. The standard InChI is InChI=1S/C23H29N5O2S/c1-4-15-28-20-10-8-7-9-19(20)24-23(28)31-16-21(29)25-26-22(30)17-11-13-18(14-12-17)27(5-2)6-3/h7-14H,4-6,15-16H2,1-3H3,(H,25,29)(H,26,30). The second-order valence-electron chi connectivity index (χ2n) is 7.04. The van der Waals surface area contributed by atoms with Crippen LogP contribution in [-0.2, 0) is 11.3 Å². The molecule has 0 spiro atoms. The van der Waals surface area contributed by atoms with E-state index in [-0.39, 0.29) is 17.6 Å². The number of anilines is 1. The maximum absolute atomic E-state index is 12.3. The Hall–Kier alpha value is -3.00. The number of nitrogens with one attached hydrogen (secondary N) is 2.